The maximum Gasteiger partial charge on any atom is 0.129 e. The van der Waals surface area contributed by atoms with Gasteiger partial charge in [0.15, 0.2) is 0 Å². The molecule has 0 unspecified atom stereocenters. The molecule has 0 aromatic heterocycles. The Bertz CT molecular complexity index is 471. The van der Waals surface area contributed by atoms with Crippen LogP contribution in [0.1, 0.15) is 37.7 Å². The van der Waals surface area contributed by atoms with E-state index >= 15 is 0 Å². The van der Waals surface area contributed by atoms with Gasteiger partial charge < -0.3 is 10.8 Å². The standard InChI is InChI=1S/C16H23FN2O/c17-15-4-2-1-3-14(15)16(20)8-5-13(6-9-16)19-10-7-12(18)11-19/h1-4,12-13,20H,5-11,18H2/t12-,13?,16?/m1/s1. The first kappa shape index (κ1) is 14.0. The zero-order chi connectivity index (χ0) is 14.2. The van der Waals surface area contributed by atoms with Crippen LogP contribution in [0.5, 0.6) is 0 Å². The maximum absolute atomic E-state index is 13.9. The topological polar surface area (TPSA) is 49.5 Å². The van der Waals surface area contributed by atoms with Crippen molar-refractivity contribution >= 4 is 0 Å². The Morgan fingerprint density at radius 2 is 1.90 bits per heavy atom. The van der Waals surface area contributed by atoms with Crippen molar-refractivity contribution in [3.8, 4) is 0 Å². The third kappa shape index (κ3) is 2.60. The van der Waals surface area contributed by atoms with Crippen LogP contribution in [0.2, 0.25) is 0 Å². The molecule has 1 saturated heterocycles. The van der Waals surface area contributed by atoms with Crippen molar-refractivity contribution in [3.05, 3.63) is 35.6 Å². The van der Waals surface area contributed by atoms with E-state index in [2.05, 4.69) is 4.90 Å². The Morgan fingerprint density at radius 1 is 1.20 bits per heavy atom. The molecule has 3 nitrogen and oxygen atoms in total. The predicted octanol–water partition coefficient (Wildman–Crippen LogP) is 1.99. The van der Waals surface area contributed by atoms with Crippen LogP contribution in [0, 0.1) is 5.82 Å². The van der Waals surface area contributed by atoms with Crippen LogP contribution in [0.15, 0.2) is 24.3 Å². The average Bonchev–Trinajstić information content (AvgIpc) is 2.86. The van der Waals surface area contributed by atoms with Gasteiger partial charge in [-0.1, -0.05) is 18.2 Å². The monoisotopic (exact) mass is 278 g/mol. The van der Waals surface area contributed by atoms with Crippen molar-refractivity contribution < 1.29 is 9.50 Å². The lowest BCUT2D eigenvalue weighted by Crippen LogP contribution is -2.42. The number of benzene rings is 1. The van der Waals surface area contributed by atoms with Crippen molar-refractivity contribution in [2.75, 3.05) is 13.1 Å². The van der Waals surface area contributed by atoms with E-state index in [0.29, 0.717) is 30.5 Å². The first-order valence-electron chi connectivity index (χ1n) is 7.55. The molecular formula is C16H23FN2O. The highest BCUT2D eigenvalue weighted by Gasteiger charge is 2.39. The normalized spacial score (nSPS) is 35.4. The molecule has 4 heteroatoms. The summed E-state index contributed by atoms with van der Waals surface area (Å²) in [6.45, 7) is 2.02. The van der Waals surface area contributed by atoms with Gasteiger partial charge in [-0.3, -0.25) is 4.90 Å². The minimum absolute atomic E-state index is 0.294. The highest BCUT2D eigenvalue weighted by atomic mass is 19.1. The molecule has 1 aliphatic carbocycles. The van der Waals surface area contributed by atoms with E-state index in [4.69, 9.17) is 5.73 Å². The van der Waals surface area contributed by atoms with Crippen molar-refractivity contribution in [3.63, 3.8) is 0 Å². The maximum atomic E-state index is 13.9. The van der Waals surface area contributed by atoms with Crippen molar-refractivity contribution in [1.29, 1.82) is 0 Å². The summed E-state index contributed by atoms with van der Waals surface area (Å²) in [5.41, 5.74) is 5.41. The van der Waals surface area contributed by atoms with E-state index in [1.807, 2.05) is 0 Å². The molecule has 0 spiro atoms. The molecule has 3 N–H and O–H groups in total. The van der Waals surface area contributed by atoms with Crippen LogP contribution < -0.4 is 5.73 Å². The van der Waals surface area contributed by atoms with Crippen molar-refractivity contribution in [1.82, 2.24) is 4.90 Å². The number of hydrogen-bond acceptors (Lipinski definition) is 3. The van der Waals surface area contributed by atoms with Gasteiger partial charge in [0, 0.05) is 30.7 Å². The Labute approximate surface area is 119 Å². The minimum Gasteiger partial charge on any atom is -0.385 e. The lowest BCUT2D eigenvalue weighted by molar-refractivity contribution is -0.0248. The molecule has 1 atom stereocenters. The van der Waals surface area contributed by atoms with E-state index in [0.717, 1.165) is 32.4 Å². The van der Waals surface area contributed by atoms with Gasteiger partial charge in [0.2, 0.25) is 0 Å². The minimum atomic E-state index is -0.996. The second-order valence-corrected chi connectivity index (χ2v) is 6.29. The fraction of sp³-hybridized carbons (Fsp3) is 0.625. The molecule has 1 aromatic rings. The van der Waals surface area contributed by atoms with Gasteiger partial charge in [-0.15, -0.1) is 0 Å². The van der Waals surface area contributed by atoms with Crippen LogP contribution in [0.3, 0.4) is 0 Å². The number of halogens is 1. The van der Waals surface area contributed by atoms with Crippen LogP contribution in [-0.2, 0) is 5.60 Å². The summed E-state index contributed by atoms with van der Waals surface area (Å²) in [5, 5.41) is 10.8. The average molecular weight is 278 g/mol. The summed E-state index contributed by atoms with van der Waals surface area (Å²) in [6, 6.07) is 7.39. The van der Waals surface area contributed by atoms with Crippen molar-refractivity contribution in [2.24, 2.45) is 5.73 Å². The Balaban J connectivity index is 1.67. The smallest absolute Gasteiger partial charge is 0.129 e. The van der Waals surface area contributed by atoms with E-state index in [1.165, 1.54) is 6.07 Å². The summed E-state index contributed by atoms with van der Waals surface area (Å²) in [5.74, 6) is -0.295. The van der Waals surface area contributed by atoms with E-state index in [9.17, 15) is 9.50 Å². The van der Waals surface area contributed by atoms with Gasteiger partial charge in [0.1, 0.15) is 5.82 Å². The van der Waals surface area contributed by atoms with E-state index < -0.39 is 5.60 Å². The molecule has 0 radical (unpaired) electrons. The molecular weight excluding hydrogens is 255 g/mol. The molecule has 0 amide bonds. The second kappa shape index (κ2) is 5.43. The molecule has 1 aliphatic heterocycles. The fourth-order valence-electron chi connectivity index (χ4n) is 3.70. The SMILES string of the molecule is N[C@@H]1CCN(C2CCC(O)(c3ccccc3F)CC2)C1. The second-order valence-electron chi connectivity index (χ2n) is 6.29. The lowest BCUT2D eigenvalue weighted by atomic mass is 9.77. The Kier molecular flexibility index (Phi) is 3.80. The summed E-state index contributed by atoms with van der Waals surface area (Å²) >= 11 is 0. The van der Waals surface area contributed by atoms with E-state index in [-0.39, 0.29) is 5.82 Å². The molecule has 110 valence electrons. The molecule has 1 aromatic carbocycles. The zero-order valence-electron chi connectivity index (χ0n) is 11.8. The predicted molar refractivity (Wildman–Crippen MR) is 76.7 cm³/mol. The molecule has 1 saturated carbocycles. The number of aliphatic hydroxyl groups is 1. The Hall–Kier alpha value is -0.970. The summed E-state index contributed by atoms with van der Waals surface area (Å²) < 4.78 is 13.9. The Morgan fingerprint density at radius 3 is 2.50 bits per heavy atom. The molecule has 1 heterocycles. The third-order valence-electron chi connectivity index (χ3n) is 4.93. The number of nitrogens with two attached hydrogens (primary N) is 1. The van der Waals surface area contributed by atoms with Crippen LogP contribution in [0.4, 0.5) is 4.39 Å². The third-order valence-corrected chi connectivity index (χ3v) is 4.93. The molecule has 2 aliphatic rings. The van der Waals surface area contributed by atoms with Gasteiger partial charge in [-0.05, 0) is 38.2 Å². The van der Waals surface area contributed by atoms with Gasteiger partial charge >= 0.3 is 0 Å². The summed E-state index contributed by atoms with van der Waals surface area (Å²) in [6.07, 6.45) is 4.15. The zero-order valence-corrected chi connectivity index (χ0v) is 11.8. The summed E-state index contributed by atoms with van der Waals surface area (Å²) in [4.78, 5) is 2.44. The van der Waals surface area contributed by atoms with Gasteiger partial charge in [0.05, 0.1) is 5.60 Å². The molecule has 0 bridgehead atoms. The number of likely N-dealkylation sites (tertiary alicyclic amines) is 1. The quantitative estimate of drug-likeness (QED) is 0.870. The largest absolute Gasteiger partial charge is 0.385 e. The molecule has 3 rings (SSSR count). The van der Waals surface area contributed by atoms with Gasteiger partial charge in [-0.2, -0.15) is 0 Å². The van der Waals surface area contributed by atoms with E-state index in [1.54, 1.807) is 18.2 Å². The summed E-state index contributed by atoms with van der Waals surface area (Å²) in [7, 11) is 0. The highest BCUT2D eigenvalue weighted by molar-refractivity contribution is 5.25. The fourth-order valence-corrected chi connectivity index (χ4v) is 3.70. The van der Waals surface area contributed by atoms with Crippen LogP contribution in [-0.4, -0.2) is 35.2 Å². The molecule has 20 heavy (non-hydrogen) atoms. The first-order valence-corrected chi connectivity index (χ1v) is 7.55. The van der Waals surface area contributed by atoms with Crippen LogP contribution in [0.25, 0.3) is 0 Å². The molecule has 2 fully saturated rings. The highest BCUT2D eigenvalue weighted by Crippen LogP contribution is 2.40. The number of nitrogens with zero attached hydrogens (tertiary/aromatic N) is 1. The first-order chi connectivity index (χ1) is 9.58. The van der Waals surface area contributed by atoms with Gasteiger partial charge in [0.25, 0.3) is 0 Å². The lowest BCUT2D eigenvalue weighted by Gasteiger charge is -2.40. The van der Waals surface area contributed by atoms with Crippen molar-refractivity contribution in [2.45, 2.75) is 49.8 Å². The number of hydrogen-bond donors (Lipinski definition) is 2. The van der Waals surface area contributed by atoms with Crippen LogP contribution >= 0.6 is 0 Å². The van der Waals surface area contributed by atoms with Gasteiger partial charge in [-0.25, -0.2) is 4.39 Å². The number of rotatable bonds is 2.